The third kappa shape index (κ3) is 7.60. The Balaban J connectivity index is 1.44. The highest BCUT2D eigenvalue weighted by atomic mass is 19.4. The van der Waals surface area contributed by atoms with E-state index in [0.717, 1.165) is 49.9 Å². The summed E-state index contributed by atoms with van der Waals surface area (Å²) in [5, 5.41) is 12.0. The molecule has 1 N–H and O–H groups in total. The van der Waals surface area contributed by atoms with Gasteiger partial charge in [-0.3, -0.25) is 14.5 Å². The van der Waals surface area contributed by atoms with Gasteiger partial charge in [-0.05, 0) is 71.7 Å². The minimum atomic E-state index is -4.79. The molecule has 1 aromatic carbocycles. The van der Waals surface area contributed by atoms with Crippen molar-refractivity contribution in [2.24, 2.45) is 0 Å². The van der Waals surface area contributed by atoms with E-state index in [-0.39, 0.29) is 22.8 Å². The number of amides is 4. The van der Waals surface area contributed by atoms with Gasteiger partial charge >= 0.3 is 12.2 Å². The van der Waals surface area contributed by atoms with Crippen LogP contribution < -0.4 is 10.2 Å². The van der Waals surface area contributed by atoms with Gasteiger partial charge in [-0.15, -0.1) is 0 Å². The van der Waals surface area contributed by atoms with Crippen molar-refractivity contribution in [3.05, 3.63) is 40.5 Å². The Morgan fingerprint density at radius 2 is 1.64 bits per heavy atom. The highest BCUT2D eigenvalue weighted by molar-refractivity contribution is 6.32. The molecule has 212 valence electrons. The number of halogens is 3. The number of nitrogens with zero attached hydrogens (tertiary/aromatic N) is 4. The monoisotopic (exact) mass is 547 g/mol. The quantitative estimate of drug-likeness (QED) is 0.371. The molecule has 0 spiro atoms. The van der Waals surface area contributed by atoms with Crippen molar-refractivity contribution in [3.8, 4) is 6.07 Å². The number of hydrogen-bond donors (Lipinski definition) is 1. The van der Waals surface area contributed by atoms with Crippen molar-refractivity contribution in [2.45, 2.75) is 71.5 Å². The first-order valence-corrected chi connectivity index (χ1v) is 13.2. The molecule has 3 rings (SSSR count). The summed E-state index contributed by atoms with van der Waals surface area (Å²) in [4.78, 5) is 43.0. The van der Waals surface area contributed by atoms with Crippen molar-refractivity contribution in [3.63, 3.8) is 0 Å². The van der Waals surface area contributed by atoms with Gasteiger partial charge in [0.25, 0.3) is 11.8 Å². The topological polar surface area (TPSA) is 96.8 Å². The second kappa shape index (κ2) is 12.2. The zero-order chi connectivity index (χ0) is 29.0. The number of urea groups is 1. The number of imide groups is 1. The maximum Gasteiger partial charge on any atom is 0.417 e. The van der Waals surface area contributed by atoms with Gasteiger partial charge in [0.2, 0.25) is 0 Å². The average molecular weight is 548 g/mol. The molecule has 8 nitrogen and oxygen atoms in total. The highest BCUT2D eigenvalue weighted by Crippen LogP contribution is 2.37. The van der Waals surface area contributed by atoms with E-state index >= 15 is 0 Å². The Kier molecular flexibility index (Phi) is 9.43. The maximum absolute atomic E-state index is 13.4. The number of benzene rings is 1. The molecule has 0 radical (unpaired) electrons. The minimum Gasteiger partial charge on any atom is -0.333 e. The number of unbranched alkanes of at least 4 members (excludes halogenated alkanes) is 3. The summed E-state index contributed by atoms with van der Waals surface area (Å²) in [6, 6.07) is 4.31. The lowest BCUT2D eigenvalue weighted by atomic mass is 10.0. The van der Waals surface area contributed by atoms with Crippen LogP contribution >= 0.6 is 0 Å². The lowest BCUT2D eigenvalue weighted by Gasteiger charge is -2.36. The van der Waals surface area contributed by atoms with Gasteiger partial charge in [-0.1, -0.05) is 12.8 Å². The number of hydrogen-bond acceptors (Lipinski definition) is 5. The van der Waals surface area contributed by atoms with Crippen LogP contribution in [0.15, 0.2) is 29.3 Å². The average Bonchev–Trinajstić information content (AvgIpc) is 3.07. The van der Waals surface area contributed by atoms with Gasteiger partial charge in [0.1, 0.15) is 0 Å². The summed E-state index contributed by atoms with van der Waals surface area (Å²) in [5.41, 5.74) is -1.64. The number of piperazine rings is 1. The van der Waals surface area contributed by atoms with Gasteiger partial charge in [-0.2, -0.15) is 18.4 Å². The first kappa shape index (κ1) is 30.2. The van der Waals surface area contributed by atoms with E-state index < -0.39 is 29.1 Å². The van der Waals surface area contributed by atoms with E-state index in [1.54, 1.807) is 0 Å². The summed E-state index contributed by atoms with van der Waals surface area (Å²) >= 11 is 0. The highest BCUT2D eigenvalue weighted by Gasteiger charge is 2.39. The van der Waals surface area contributed by atoms with Gasteiger partial charge in [-0.25, -0.2) is 9.69 Å². The lowest BCUT2D eigenvalue weighted by molar-refractivity contribution is -0.138. The van der Waals surface area contributed by atoms with Gasteiger partial charge in [0.15, 0.2) is 0 Å². The van der Waals surface area contributed by atoms with Crippen LogP contribution in [0.3, 0.4) is 0 Å². The fourth-order valence-corrected chi connectivity index (χ4v) is 4.78. The number of carbonyl (C=O) groups is 3. The van der Waals surface area contributed by atoms with Gasteiger partial charge in [0.05, 0.1) is 22.9 Å². The first-order valence-electron chi connectivity index (χ1n) is 13.2. The third-order valence-corrected chi connectivity index (χ3v) is 6.92. The fraction of sp³-hybridized carbons (Fsp3) is 0.571. The first-order chi connectivity index (χ1) is 18.2. The SMILES string of the molecule is CC1=C(CCCCCCN2CCN(C(=O)NC(C)(C)C)CC2)C(=O)N(c2ccc(C#N)c(C(F)(F)F)c2)C1=O. The zero-order valence-electron chi connectivity index (χ0n) is 23.0. The number of carbonyl (C=O) groups excluding carboxylic acids is 3. The van der Waals surface area contributed by atoms with Gasteiger partial charge in [0, 0.05) is 42.9 Å². The number of rotatable bonds is 8. The number of nitriles is 1. The van der Waals surface area contributed by atoms with Crippen LogP contribution in [0.4, 0.5) is 23.7 Å². The van der Waals surface area contributed by atoms with E-state index in [9.17, 15) is 27.6 Å². The van der Waals surface area contributed by atoms with Crippen LogP contribution in [-0.4, -0.2) is 65.9 Å². The predicted molar refractivity (Wildman–Crippen MR) is 141 cm³/mol. The normalized spacial score (nSPS) is 17.2. The number of alkyl halides is 3. The Hall–Kier alpha value is -3.39. The van der Waals surface area contributed by atoms with E-state index in [2.05, 4.69) is 10.2 Å². The third-order valence-electron chi connectivity index (χ3n) is 6.92. The largest absolute Gasteiger partial charge is 0.417 e. The summed E-state index contributed by atoms with van der Waals surface area (Å²) in [6.07, 6.45) is -0.976. The number of anilines is 1. The Bertz CT molecular complexity index is 1170. The molecule has 0 unspecified atom stereocenters. The molecule has 2 aliphatic heterocycles. The van der Waals surface area contributed by atoms with E-state index in [1.807, 2.05) is 25.7 Å². The predicted octanol–water partition coefficient (Wildman–Crippen LogP) is 4.84. The molecule has 0 atom stereocenters. The summed E-state index contributed by atoms with van der Waals surface area (Å²) < 4.78 is 40.1. The molecule has 0 aliphatic carbocycles. The molecule has 1 fully saturated rings. The Morgan fingerprint density at radius 1 is 1.00 bits per heavy atom. The van der Waals surface area contributed by atoms with Crippen LogP contribution in [0.25, 0.3) is 0 Å². The van der Waals surface area contributed by atoms with Crippen LogP contribution in [0.5, 0.6) is 0 Å². The summed E-state index contributed by atoms with van der Waals surface area (Å²) in [6.45, 7) is 11.3. The van der Waals surface area contributed by atoms with Crippen molar-refractivity contribution in [1.82, 2.24) is 15.1 Å². The van der Waals surface area contributed by atoms with E-state index in [0.29, 0.717) is 37.6 Å². The minimum absolute atomic E-state index is 0.0368. The molecule has 4 amide bonds. The van der Waals surface area contributed by atoms with E-state index in [4.69, 9.17) is 5.26 Å². The van der Waals surface area contributed by atoms with E-state index in [1.165, 1.54) is 19.1 Å². The second-order valence-corrected chi connectivity index (χ2v) is 11.1. The molecule has 2 heterocycles. The molecule has 1 saturated heterocycles. The molecule has 0 aromatic heterocycles. The second-order valence-electron chi connectivity index (χ2n) is 11.1. The molecule has 11 heteroatoms. The van der Waals surface area contributed by atoms with Crippen molar-refractivity contribution in [2.75, 3.05) is 37.6 Å². The smallest absolute Gasteiger partial charge is 0.333 e. The maximum atomic E-state index is 13.4. The van der Waals surface area contributed by atoms with Crippen LogP contribution in [-0.2, 0) is 15.8 Å². The molecule has 0 bridgehead atoms. The van der Waals surface area contributed by atoms with Crippen LogP contribution in [0, 0.1) is 11.3 Å². The van der Waals surface area contributed by atoms with Crippen molar-refractivity contribution in [1.29, 1.82) is 5.26 Å². The van der Waals surface area contributed by atoms with Crippen LogP contribution in [0.2, 0.25) is 0 Å². The Labute approximate surface area is 227 Å². The number of nitrogens with one attached hydrogen (secondary N) is 1. The standard InChI is InChI=1S/C28H36F3N5O3/c1-19-22(25(38)36(24(19)37)21-11-10-20(18-32)23(17-21)28(29,30)31)9-7-5-6-8-12-34-13-15-35(16-14-34)26(39)33-27(2,3)4/h10-11,17H,5-9,12-16H2,1-4H3,(H,33,39). The summed E-state index contributed by atoms with van der Waals surface area (Å²) in [7, 11) is 0. The lowest BCUT2D eigenvalue weighted by Crippen LogP contribution is -2.55. The molecule has 1 aromatic rings. The van der Waals surface area contributed by atoms with Crippen LogP contribution in [0.1, 0.15) is 70.9 Å². The Morgan fingerprint density at radius 3 is 2.23 bits per heavy atom. The fourth-order valence-electron chi connectivity index (χ4n) is 4.78. The zero-order valence-corrected chi connectivity index (χ0v) is 23.0. The molecular weight excluding hydrogens is 511 g/mol. The summed E-state index contributed by atoms with van der Waals surface area (Å²) in [5.74, 6) is -1.24. The van der Waals surface area contributed by atoms with Crippen molar-refractivity contribution < 1.29 is 27.6 Å². The van der Waals surface area contributed by atoms with Gasteiger partial charge < -0.3 is 10.2 Å². The van der Waals surface area contributed by atoms with Crippen molar-refractivity contribution >= 4 is 23.5 Å². The molecular formula is C28H36F3N5O3. The molecule has 2 aliphatic rings. The molecule has 39 heavy (non-hydrogen) atoms. The molecule has 0 saturated carbocycles.